The van der Waals surface area contributed by atoms with Crippen LogP contribution in [-0.4, -0.2) is 16.9 Å². The van der Waals surface area contributed by atoms with E-state index in [4.69, 9.17) is 5.73 Å². The van der Waals surface area contributed by atoms with E-state index in [9.17, 15) is 4.79 Å². The molecule has 0 aliphatic rings. The predicted molar refractivity (Wildman–Crippen MR) is 72.7 cm³/mol. The summed E-state index contributed by atoms with van der Waals surface area (Å²) in [5.74, 6) is 0.308. The number of hydrogen-bond donors (Lipinski definition) is 2. The van der Waals surface area contributed by atoms with Gasteiger partial charge in [-0.1, -0.05) is 20.8 Å². The van der Waals surface area contributed by atoms with E-state index in [2.05, 4.69) is 26.2 Å². The van der Waals surface area contributed by atoms with Crippen LogP contribution in [0.3, 0.4) is 0 Å². The molecule has 0 saturated heterocycles. The van der Waals surface area contributed by atoms with Crippen LogP contribution in [0.1, 0.15) is 26.3 Å². The van der Waals surface area contributed by atoms with Crippen LogP contribution in [0.4, 0.5) is 5.82 Å². The van der Waals surface area contributed by atoms with Crippen molar-refractivity contribution in [1.82, 2.24) is 4.98 Å². The first kappa shape index (κ1) is 14.1. The Hall–Kier alpha value is -0.940. The van der Waals surface area contributed by atoms with Gasteiger partial charge < -0.3 is 11.1 Å². The van der Waals surface area contributed by atoms with Crippen molar-refractivity contribution in [2.24, 2.45) is 11.1 Å². The third kappa shape index (κ3) is 3.78. The van der Waals surface area contributed by atoms with Gasteiger partial charge >= 0.3 is 0 Å². The number of aryl methyl sites for hydroxylation is 1. The summed E-state index contributed by atoms with van der Waals surface area (Å²) in [6.07, 6.45) is 1.66. The van der Waals surface area contributed by atoms with Crippen LogP contribution in [-0.2, 0) is 4.79 Å². The van der Waals surface area contributed by atoms with Crippen LogP contribution in [0, 0.1) is 12.3 Å². The van der Waals surface area contributed by atoms with Crippen molar-refractivity contribution < 1.29 is 4.79 Å². The summed E-state index contributed by atoms with van der Waals surface area (Å²) < 4.78 is 0.913. The number of nitrogens with zero attached hydrogens (tertiary/aromatic N) is 1. The zero-order valence-electron chi connectivity index (χ0n) is 10.5. The fourth-order valence-electron chi connectivity index (χ4n) is 1.20. The summed E-state index contributed by atoms with van der Waals surface area (Å²) in [6.45, 7) is 7.72. The van der Waals surface area contributed by atoms with Gasteiger partial charge in [-0.2, -0.15) is 0 Å². The van der Waals surface area contributed by atoms with Gasteiger partial charge in [-0.15, -0.1) is 0 Å². The maximum absolute atomic E-state index is 11.9. The third-order valence-electron chi connectivity index (χ3n) is 2.51. The molecule has 1 heterocycles. The molecular formula is C12H18BrN3O. The van der Waals surface area contributed by atoms with Crippen molar-refractivity contribution in [3.8, 4) is 0 Å². The molecule has 0 fully saturated rings. The van der Waals surface area contributed by atoms with Crippen LogP contribution >= 0.6 is 15.9 Å². The predicted octanol–water partition coefficient (Wildman–Crippen LogP) is 2.46. The molecule has 0 unspecified atom stereocenters. The Kier molecular flexibility index (Phi) is 4.27. The van der Waals surface area contributed by atoms with Crippen molar-refractivity contribution in [3.63, 3.8) is 0 Å². The number of carbonyl (C=O) groups is 1. The molecule has 1 atom stereocenters. The molecule has 0 bridgehead atoms. The van der Waals surface area contributed by atoms with Gasteiger partial charge in [0.15, 0.2) is 0 Å². The van der Waals surface area contributed by atoms with Gasteiger partial charge in [0.25, 0.3) is 0 Å². The highest BCUT2D eigenvalue weighted by atomic mass is 79.9. The minimum Gasteiger partial charge on any atom is -0.319 e. The number of nitrogens with one attached hydrogen (secondary N) is 1. The number of halogens is 1. The highest BCUT2D eigenvalue weighted by Gasteiger charge is 2.27. The lowest BCUT2D eigenvalue weighted by atomic mass is 9.87. The topological polar surface area (TPSA) is 68.0 Å². The molecule has 0 spiro atoms. The first-order valence-corrected chi connectivity index (χ1v) is 6.19. The third-order valence-corrected chi connectivity index (χ3v) is 3.34. The Balaban J connectivity index is 2.78. The van der Waals surface area contributed by atoms with E-state index >= 15 is 0 Å². The van der Waals surface area contributed by atoms with Gasteiger partial charge in [-0.3, -0.25) is 4.79 Å². The maximum atomic E-state index is 11.9. The second-order valence-corrected chi connectivity index (χ2v) is 6.01. The number of amides is 1. The van der Waals surface area contributed by atoms with E-state index in [1.165, 1.54) is 0 Å². The van der Waals surface area contributed by atoms with Crippen LogP contribution in [0.25, 0.3) is 0 Å². The molecule has 17 heavy (non-hydrogen) atoms. The molecule has 3 N–H and O–H groups in total. The van der Waals surface area contributed by atoms with Crippen LogP contribution in [0.2, 0.25) is 0 Å². The van der Waals surface area contributed by atoms with Crippen molar-refractivity contribution in [2.45, 2.75) is 33.7 Å². The molecule has 0 aromatic carbocycles. The molecule has 0 saturated carbocycles. The number of pyridine rings is 1. The molecule has 0 radical (unpaired) electrons. The number of aromatic nitrogens is 1. The Morgan fingerprint density at radius 3 is 2.59 bits per heavy atom. The standard InChI is InChI=1S/C12H18BrN3O/c1-7-5-9(15-6-8(7)13)16-11(17)10(14)12(2,3)4/h5-6,10H,14H2,1-4H3,(H,15,16,17)/t10-/m0/s1. The fraction of sp³-hybridized carbons (Fsp3) is 0.500. The van der Waals surface area contributed by atoms with Crippen molar-refractivity contribution in [2.75, 3.05) is 5.32 Å². The minimum absolute atomic E-state index is 0.216. The van der Waals surface area contributed by atoms with Gasteiger partial charge in [0.05, 0.1) is 6.04 Å². The van der Waals surface area contributed by atoms with E-state index in [1.54, 1.807) is 12.3 Å². The van der Waals surface area contributed by atoms with Crippen molar-refractivity contribution >= 4 is 27.7 Å². The molecule has 4 nitrogen and oxygen atoms in total. The van der Waals surface area contributed by atoms with E-state index in [1.807, 2.05) is 27.7 Å². The summed E-state index contributed by atoms with van der Waals surface area (Å²) in [5.41, 5.74) is 6.61. The lowest BCUT2D eigenvalue weighted by molar-refractivity contribution is -0.119. The first-order valence-electron chi connectivity index (χ1n) is 5.40. The van der Waals surface area contributed by atoms with Crippen LogP contribution < -0.4 is 11.1 Å². The smallest absolute Gasteiger partial charge is 0.242 e. The van der Waals surface area contributed by atoms with E-state index in [0.717, 1.165) is 10.0 Å². The Labute approximate surface area is 110 Å². The maximum Gasteiger partial charge on any atom is 0.242 e. The number of hydrogen-bond acceptors (Lipinski definition) is 3. The largest absolute Gasteiger partial charge is 0.319 e. The summed E-state index contributed by atoms with van der Waals surface area (Å²) in [6, 6.07) is 1.24. The van der Waals surface area contributed by atoms with Gasteiger partial charge in [0.2, 0.25) is 5.91 Å². The lowest BCUT2D eigenvalue weighted by Gasteiger charge is -2.25. The van der Waals surface area contributed by atoms with Gasteiger partial charge in [0.1, 0.15) is 5.82 Å². The highest BCUT2D eigenvalue weighted by molar-refractivity contribution is 9.10. The molecular weight excluding hydrogens is 282 g/mol. The quantitative estimate of drug-likeness (QED) is 0.881. The van der Waals surface area contributed by atoms with Crippen LogP contribution in [0.15, 0.2) is 16.7 Å². The average molecular weight is 300 g/mol. The molecule has 1 aromatic rings. The lowest BCUT2D eigenvalue weighted by Crippen LogP contribution is -2.45. The molecule has 5 heteroatoms. The summed E-state index contributed by atoms with van der Waals surface area (Å²) in [4.78, 5) is 16.0. The SMILES string of the molecule is Cc1cc(NC(=O)[C@H](N)C(C)(C)C)ncc1Br. The second kappa shape index (κ2) is 5.14. The summed E-state index contributed by atoms with van der Waals surface area (Å²) in [5, 5.41) is 2.72. The van der Waals surface area contributed by atoms with Crippen LogP contribution in [0.5, 0.6) is 0 Å². The van der Waals surface area contributed by atoms with E-state index in [-0.39, 0.29) is 11.3 Å². The van der Waals surface area contributed by atoms with E-state index in [0.29, 0.717) is 5.82 Å². The summed E-state index contributed by atoms with van der Waals surface area (Å²) in [7, 11) is 0. The molecule has 94 valence electrons. The Morgan fingerprint density at radius 1 is 1.53 bits per heavy atom. The van der Waals surface area contributed by atoms with E-state index < -0.39 is 6.04 Å². The number of anilines is 1. The van der Waals surface area contributed by atoms with Gasteiger partial charge in [-0.05, 0) is 39.9 Å². The molecule has 0 aliphatic carbocycles. The highest BCUT2D eigenvalue weighted by Crippen LogP contribution is 2.20. The zero-order valence-corrected chi connectivity index (χ0v) is 12.1. The minimum atomic E-state index is -0.562. The normalized spacial score (nSPS) is 13.3. The van der Waals surface area contributed by atoms with Gasteiger partial charge in [0, 0.05) is 10.7 Å². The molecule has 1 rings (SSSR count). The number of carbonyl (C=O) groups excluding carboxylic acids is 1. The molecule has 1 aromatic heterocycles. The monoisotopic (exact) mass is 299 g/mol. The average Bonchev–Trinajstić information content (AvgIpc) is 2.21. The fourth-order valence-corrected chi connectivity index (χ4v) is 1.42. The van der Waals surface area contributed by atoms with Crippen molar-refractivity contribution in [3.05, 3.63) is 22.3 Å². The number of nitrogens with two attached hydrogens (primary N) is 1. The zero-order chi connectivity index (χ0) is 13.2. The molecule has 0 aliphatic heterocycles. The summed E-state index contributed by atoms with van der Waals surface area (Å²) >= 11 is 3.36. The number of rotatable bonds is 2. The Morgan fingerprint density at radius 2 is 2.12 bits per heavy atom. The van der Waals surface area contributed by atoms with Gasteiger partial charge in [-0.25, -0.2) is 4.98 Å². The first-order chi connectivity index (χ1) is 7.71. The molecule has 1 amide bonds. The van der Waals surface area contributed by atoms with Crippen molar-refractivity contribution in [1.29, 1.82) is 0 Å². The Bertz CT molecular complexity index is 426. The second-order valence-electron chi connectivity index (χ2n) is 5.15.